The minimum Gasteiger partial charge on any atom is -0.396 e. The molecule has 0 spiro atoms. The van der Waals surface area contributed by atoms with Crippen LogP contribution in [0.25, 0.3) is 0 Å². The molecule has 0 amide bonds. The highest BCUT2D eigenvalue weighted by Crippen LogP contribution is 2.11. The van der Waals surface area contributed by atoms with Gasteiger partial charge in [0.15, 0.2) is 0 Å². The Labute approximate surface area is 87.1 Å². The van der Waals surface area contributed by atoms with Crippen molar-refractivity contribution in [3.8, 4) is 0 Å². The number of ether oxygens (including phenoxy) is 1. The van der Waals surface area contributed by atoms with E-state index in [1.807, 2.05) is 0 Å². The van der Waals surface area contributed by atoms with Gasteiger partial charge in [-0.1, -0.05) is 0 Å². The Bertz CT molecular complexity index is 142. The summed E-state index contributed by atoms with van der Waals surface area (Å²) in [6, 6.07) is 0. The van der Waals surface area contributed by atoms with Crippen LogP contribution in [0.4, 0.5) is 0 Å². The molecule has 1 heterocycles. The van der Waals surface area contributed by atoms with Crippen molar-refractivity contribution >= 4 is 0 Å². The highest BCUT2D eigenvalue weighted by molar-refractivity contribution is 4.72. The molecule has 0 saturated carbocycles. The number of unbranched alkanes of at least 4 members (excludes halogenated alkanes) is 2. The van der Waals surface area contributed by atoms with Crippen LogP contribution in [0.3, 0.4) is 0 Å². The molecular weight excluding hydrogens is 178 g/mol. The molecule has 1 fully saturated rings. The van der Waals surface area contributed by atoms with Gasteiger partial charge in [0.1, 0.15) is 0 Å². The zero-order chi connectivity index (χ0) is 10.4. The van der Waals surface area contributed by atoms with E-state index in [-0.39, 0.29) is 0 Å². The highest BCUT2D eigenvalue weighted by Gasteiger charge is 2.21. The molecule has 0 aromatic heterocycles. The average Bonchev–Trinajstić information content (AvgIpc) is 2.11. The molecule has 0 aromatic rings. The molecule has 14 heavy (non-hydrogen) atoms. The lowest BCUT2D eigenvalue weighted by Gasteiger charge is -2.35. The maximum Gasteiger partial charge on any atom is 0.0678 e. The van der Waals surface area contributed by atoms with Crippen molar-refractivity contribution < 1.29 is 9.84 Å². The number of nitrogens with zero attached hydrogens (tertiary/aromatic N) is 1. The minimum atomic E-state index is 0.329. The predicted molar refractivity (Wildman–Crippen MR) is 57.4 cm³/mol. The van der Waals surface area contributed by atoms with E-state index >= 15 is 0 Å². The van der Waals surface area contributed by atoms with E-state index in [4.69, 9.17) is 9.84 Å². The van der Waals surface area contributed by atoms with E-state index < -0.39 is 0 Å². The van der Waals surface area contributed by atoms with Gasteiger partial charge in [0, 0.05) is 19.7 Å². The van der Waals surface area contributed by atoms with Crippen molar-refractivity contribution in [3.63, 3.8) is 0 Å². The Morgan fingerprint density at radius 1 is 1.14 bits per heavy atom. The standard InChI is InChI=1S/C11H23NO2/c1-10-8-12(9-11(2)14-10)6-4-3-5-7-13/h10-11,13H,3-9H2,1-2H3/t10-,11+. The fourth-order valence-electron chi connectivity index (χ4n) is 2.09. The Balaban J connectivity index is 2.10. The fraction of sp³-hybridized carbons (Fsp3) is 1.00. The van der Waals surface area contributed by atoms with Crippen LogP contribution < -0.4 is 0 Å². The van der Waals surface area contributed by atoms with Crippen molar-refractivity contribution in [3.05, 3.63) is 0 Å². The molecule has 84 valence electrons. The zero-order valence-electron chi connectivity index (χ0n) is 9.41. The summed E-state index contributed by atoms with van der Waals surface area (Å²) in [5.74, 6) is 0. The molecule has 0 aliphatic carbocycles. The van der Waals surface area contributed by atoms with Crippen LogP contribution in [0.2, 0.25) is 0 Å². The second-order valence-electron chi connectivity index (χ2n) is 4.30. The van der Waals surface area contributed by atoms with Gasteiger partial charge in [0.05, 0.1) is 12.2 Å². The van der Waals surface area contributed by atoms with Gasteiger partial charge in [-0.15, -0.1) is 0 Å². The number of hydrogen-bond acceptors (Lipinski definition) is 3. The van der Waals surface area contributed by atoms with Crippen molar-refractivity contribution in [2.75, 3.05) is 26.2 Å². The lowest BCUT2D eigenvalue weighted by Crippen LogP contribution is -2.45. The van der Waals surface area contributed by atoms with Crippen LogP contribution in [-0.4, -0.2) is 48.5 Å². The molecule has 1 N–H and O–H groups in total. The minimum absolute atomic E-state index is 0.329. The van der Waals surface area contributed by atoms with Crippen molar-refractivity contribution in [2.45, 2.75) is 45.3 Å². The normalized spacial score (nSPS) is 29.4. The Kier molecular flexibility index (Phi) is 5.45. The number of aliphatic hydroxyl groups is 1. The molecule has 0 radical (unpaired) electrons. The maximum absolute atomic E-state index is 8.65. The second-order valence-corrected chi connectivity index (χ2v) is 4.30. The summed E-state index contributed by atoms with van der Waals surface area (Å²) in [5.41, 5.74) is 0. The summed E-state index contributed by atoms with van der Waals surface area (Å²) in [6.45, 7) is 7.87. The summed E-state index contributed by atoms with van der Waals surface area (Å²) in [6.07, 6.45) is 4.01. The molecule has 0 bridgehead atoms. The first-order valence-corrected chi connectivity index (χ1v) is 5.71. The van der Waals surface area contributed by atoms with Gasteiger partial charge < -0.3 is 9.84 Å². The van der Waals surface area contributed by atoms with E-state index in [9.17, 15) is 0 Å². The summed E-state index contributed by atoms with van der Waals surface area (Å²) in [5, 5.41) is 8.65. The predicted octanol–water partition coefficient (Wildman–Crippen LogP) is 1.26. The average molecular weight is 201 g/mol. The Morgan fingerprint density at radius 2 is 1.79 bits per heavy atom. The van der Waals surface area contributed by atoms with Gasteiger partial charge in [0.2, 0.25) is 0 Å². The number of aliphatic hydroxyl groups excluding tert-OH is 1. The SMILES string of the molecule is C[C@@H]1CN(CCCCCO)C[C@H](C)O1. The second kappa shape index (κ2) is 6.38. The van der Waals surface area contributed by atoms with E-state index in [2.05, 4.69) is 18.7 Å². The topological polar surface area (TPSA) is 32.7 Å². The molecule has 3 heteroatoms. The fourth-order valence-corrected chi connectivity index (χ4v) is 2.09. The van der Waals surface area contributed by atoms with E-state index in [1.54, 1.807) is 0 Å². The van der Waals surface area contributed by atoms with Crippen LogP contribution in [0, 0.1) is 0 Å². The molecule has 1 aliphatic heterocycles. The third-order valence-corrected chi connectivity index (χ3v) is 2.63. The largest absolute Gasteiger partial charge is 0.396 e. The van der Waals surface area contributed by atoms with Crippen LogP contribution in [0.15, 0.2) is 0 Å². The highest BCUT2D eigenvalue weighted by atomic mass is 16.5. The van der Waals surface area contributed by atoms with Crippen LogP contribution in [0.1, 0.15) is 33.1 Å². The third-order valence-electron chi connectivity index (χ3n) is 2.63. The van der Waals surface area contributed by atoms with Crippen molar-refractivity contribution in [1.82, 2.24) is 4.90 Å². The molecule has 0 unspecified atom stereocenters. The lowest BCUT2D eigenvalue weighted by atomic mass is 10.2. The van der Waals surface area contributed by atoms with Gasteiger partial charge in [-0.25, -0.2) is 0 Å². The van der Waals surface area contributed by atoms with Crippen LogP contribution in [-0.2, 0) is 4.74 Å². The monoisotopic (exact) mass is 201 g/mol. The van der Waals surface area contributed by atoms with E-state index in [0.29, 0.717) is 18.8 Å². The Hall–Kier alpha value is -0.120. The van der Waals surface area contributed by atoms with Gasteiger partial charge >= 0.3 is 0 Å². The molecule has 1 rings (SSSR count). The lowest BCUT2D eigenvalue weighted by molar-refractivity contribution is -0.0682. The first-order chi connectivity index (χ1) is 6.72. The molecule has 1 aliphatic rings. The molecule has 3 nitrogen and oxygen atoms in total. The molecule has 2 atom stereocenters. The van der Waals surface area contributed by atoms with E-state index in [0.717, 1.165) is 32.5 Å². The quantitative estimate of drug-likeness (QED) is 0.680. The summed E-state index contributed by atoms with van der Waals surface area (Å²) < 4.78 is 5.66. The Morgan fingerprint density at radius 3 is 2.36 bits per heavy atom. The third kappa shape index (κ3) is 4.40. The maximum atomic E-state index is 8.65. The van der Waals surface area contributed by atoms with Gasteiger partial charge in [-0.2, -0.15) is 0 Å². The summed E-state index contributed by atoms with van der Waals surface area (Å²) in [7, 11) is 0. The number of hydrogen-bond donors (Lipinski definition) is 1. The number of rotatable bonds is 5. The number of morpholine rings is 1. The molecule has 0 aromatic carbocycles. The molecular formula is C11H23NO2. The van der Waals surface area contributed by atoms with Crippen molar-refractivity contribution in [1.29, 1.82) is 0 Å². The van der Waals surface area contributed by atoms with Crippen molar-refractivity contribution in [2.24, 2.45) is 0 Å². The van der Waals surface area contributed by atoms with Crippen LogP contribution >= 0.6 is 0 Å². The van der Waals surface area contributed by atoms with Gasteiger partial charge in [-0.05, 0) is 39.7 Å². The van der Waals surface area contributed by atoms with E-state index in [1.165, 1.54) is 6.42 Å². The first kappa shape index (κ1) is 12.0. The smallest absolute Gasteiger partial charge is 0.0678 e. The summed E-state index contributed by atoms with van der Waals surface area (Å²) in [4.78, 5) is 2.47. The zero-order valence-corrected chi connectivity index (χ0v) is 9.41. The van der Waals surface area contributed by atoms with Crippen LogP contribution in [0.5, 0.6) is 0 Å². The van der Waals surface area contributed by atoms with Gasteiger partial charge in [0.25, 0.3) is 0 Å². The molecule has 1 saturated heterocycles. The first-order valence-electron chi connectivity index (χ1n) is 5.71. The summed E-state index contributed by atoms with van der Waals surface area (Å²) >= 11 is 0. The van der Waals surface area contributed by atoms with Gasteiger partial charge in [-0.3, -0.25) is 4.90 Å².